The predicted molar refractivity (Wildman–Crippen MR) is 98.3 cm³/mol. The molecule has 3 aromatic rings. The van der Waals surface area contributed by atoms with E-state index in [-0.39, 0.29) is 5.56 Å². The van der Waals surface area contributed by atoms with Crippen LogP contribution in [0.4, 0.5) is 0 Å². The first kappa shape index (κ1) is 17.2. The first-order chi connectivity index (χ1) is 12.1. The summed E-state index contributed by atoms with van der Waals surface area (Å²) in [5.41, 5.74) is 3.00. The van der Waals surface area contributed by atoms with Crippen LogP contribution >= 0.6 is 0 Å². The summed E-state index contributed by atoms with van der Waals surface area (Å²) in [4.78, 5) is 20.1. The van der Waals surface area contributed by atoms with Gasteiger partial charge in [-0.3, -0.25) is 4.79 Å². The Morgan fingerprint density at radius 2 is 2.04 bits per heavy atom. The fraction of sp³-hybridized carbons (Fsp3) is 0.421. The lowest BCUT2D eigenvalue weighted by Crippen LogP contribution is -2.16. The Labute approximate surface area is 146 Å². The van der Waals surface area contributed by atoms with Crippen molar-refractivity contribution in [2.45, 2.75) is 47.0 Å². The average Bonchev–Trinajstić information content (AvgIpc) is 2.92. The van der Waals surface area contributed by atoms with E-state index in [1.807, 2.05) is 32.0 Å². The van der Waals surface area contributed by atoms with Crippen molar-refractivity contribution in [2.75, 3.05) is 6.61 Å². The van der Waals surface area contributed by atoms with Crippen LogP contribution in [0.1, 0.15) is 44.3 Å². The summed E-state index contributed by atoms with van der Waals surface area (Å²) >= 11 is 0. The summed E-state index contributed by atoms with van der Waals surface area (Å²) in [7, 11) is 0. The fourth-order valence-electron chi connectivity index (χ4n) is 3.01. The van der Waals surface area contributed by atoms with E-state index in [2.05, 4.69) is 28.9 Å². The normalized spacial score (nSPS) is 11.2. The minimum Gasteiger partial charge on any atom is -0.493 e. The number of aromatic amines is 1. The zero-order chi connectivity index (χ0) is 18.0. The van der Waals surface area contributed by atoms with E-state index in [1.54, 1.807) is 4.52 Å². The molecule has 0 atom stereocenters. The highest BCUT2D eigenvalue weighted by molar-refractivity contribution is 5.66. The molecule has 132 valence electrons. The van der Waals surface area contributed by atoms with E-state index in [9.17, 15) is 4.79 Å². The molecule has 1 N–H and O–H groups in total. The van der Waals surface area contributed by atoms with E-state index < -0.39 is 0 Å². The third kappa shape index (κ3) is 3.16. The van der Waals surface area contributed by atoms with Gasteiger partial charge >= 0.3 is 0 Å². The number of hydrogen-bond acceptors (Lipinski definition) is 4. The van der Waals surface area contributed by atoms with Crippen molar-refractivity contribution < 1.29 is 4.74 Å². The van der Waals surface area contributed by atoms with Crippen LogP contribution in [0.25, 0.3) is 16.9 Å². The van der Waals surface area contributed by atoms with Crippen molar-refractivity contribution in [1.29, 1.82) is 0 Å². The molecule has 2 aromatic heterocycles. The average molecular weight is 340 g/mol. The summed E-state index contributed by atoms with van der Waals surface area (Å²) in [5.74, 6) is 2.04. The van der Waals surface area contributed by atoms with Gasteiger partial charge in [-0.25, -0.2) is 9.50 Å². The molecule has 0 aliphatic carbocycles. The maximum absolute atomic E-state index is 12.6. The molecule has 0 aliphatic rings. The van der Waals surface area contributed by atoms with Crippen LogP contribution in [0, 0.1) is 6.92 Å². The number of aromatic nitrogens is 4. The molecule has 6 nitrogen and oxygen atoms in total. The highest BCUT2D eigenvalue weighted by Gasteiger charge is 2.16. The van der Waals surface area contributed by atoms with Gasteiger partial charge in [0.05, 0.1) is 17.9 Å². The number of fused-ring (bicyclic) bond motifs is 1. The van der Waals surface area contributed by atoms with E-state index in [0.29, 0.717) is 23.6 Å². The quantitative estimate of drug-likeness (QED) is 0.747. The van der Waals surface area contributed by atoms with Gasteiger partial charge in [0.2, 0.25) is 0 Å². The molecule has 0 spiro atoms. The first-order valence-electron chi connectivity index (χ1n) is 8.83. The molecular formula is C19H24N4O2. The maximum Gasteiger partial charge on any atom is 0.277 e. The molecule has 0 radical (unpaired) electrons. The monoisotopic (exact) mass is 340 g/mol. The number of imidazole rings is 1. The first-order valence-corrected chi connectivity index (χ1v) is 8.83. The van der Waals surface area contributed by atoms with Gasteiger partial charge in [0.1, 0.15) is 11.6 Å². The molecule has 0 aliphatic heterocycles. The molecular weight excluding hydrogens is 316 g/mol. The highest BCUT2D eigenvalue weighted by atomic mass is 16.5. The number of hydrogen-bond donors (Lipinski definition) is 1. The van der Waals surface area contributed by atoms with Gasteiger partial charge in [0.25, 0.3) is 5.56 Å². The largest absolute Gasteiger partial charge is 0.493 e. The topological polar surface area (TPSA) is 72.3 Å². The molecule has 0 bridgehead atoms. The molecule has 25 heavy (non-hydrogen) atoms. The van der Waals surface area contributed by atoms with Crippen LogP contribution in [0.2, 0.25) is 0 Å². The van der Waals surface area contributed by atoms with Gasteiger partial charge < -0.3 is 9.72 Å². The summed E-state index contributed by atoms with van der Waals surface area (Å²) in [6, 6.07) is 6.00. The minimum absolute atomic E-state index is 0.179. The lowest BCUT2D eigenvalue weighted by Gasteiger charge is -2.11. The molecule has 0 unspecified atom stereocenters. The molecule has 0 fully saturated rings. The fourth-order valence-corrected chi connectivity index (χ4v) is 3.01. The Morgan fingerprint density at radius 3 is 2.72 bits per heavy atom. The number of rotatable bonds is 6. The van der Waals surface area contributed by atoms with Crippen LogP contribution in [0.15, 0.2) is 23.0 Å². The summed E-state index contributed by atoms with van der Waals surface area (Å²) in [5, 5.41) is 4.68. The smallest absolute Gasteiger partial charge is 0.277 e. The second kappa shape index (κ2) is 7.09. The Balaban J connectivity index is 2.25. The van der Waals surface area contributed by atoms with Crippen molar-refractivity contribution in [3.8, 4) is 17.1 Å². The summed E-state index contributed by atoms with van der Waals surface area (Å²) < 4.78 is 7.42. The maximum atomic E-state index is 12.6. The Bertz CT molecular complexity index is 956. The molecule has 6 heteroatoms. The summed E-state index contributed by atoms with van der Waals surface area (Å²) in [6.07, 6.45) is 2.62. The van der Waals surface area contributed by atoms with Crippen LogP contribution in [0.5, 0.6) is 5.75 Å². The van der Waals surface area contributed by atoms with Crippen LogP contribution < -0.4 is 10.3 Å². The van der Waals surface area contributed by atoms with E-state index in [1.165, 1.54) is 0 Å². The molecule has 3 rings (SSSR count). The molecule has 1 aromatic carbocycles. The second-order valence-electron chi connectivity index (χ2n) is 6.04. The summed E-state index contributed by atoms with van der Waals surface area (Å²) in [6.45, 7) is 8.51. The van der Waals surface area contributed by atoms with Gasteiger partial charge in [0.15, 0.2) is 11.3 Å². The van der Waals surface area contributed by atoms with E-state index in [4.69, 9.17) is 4.74 Å². The Morgan fingerprint density at radius 1 is 1.24 bits per heavy atom. The standard InChI is InChI=1S/C19H24N4O2/c1-5-8-16-20-12(4)17-19(24)21-18(22-23(16)17)14-11-13(6-2)9-10-15(14)25-7-3/h9-11H,5-8H2,1-4H3,(H,21,22,24). The van der Waals surface area contributed by atoms with Crippen molar-refractivity contribution in [3.63, 3.8) is 0 Å². The SMILES string of the molecule is CCCc1nc(C)c2c(=O)[nH]c(-c3cc(CC)ccc3OCC)nn12. The number of nitrogens with zero attached hydrogens (tertiary/aromatic N) is 3. The number of benzene rings is 1. The zero-order valence-corrected chi connectivity index (χ0v) is 15.2. The van der Waals surface area contributed by atoms with E-state index in [0.717, 1.165) is 42.0 Å². The van der Waals surface area contributed by atoms with Gasteiger partial charge in [-0.1, -0.05) is 19.9 Å². The van der Waals surface area contributed by atoms with Crippen LogP contribution in [-0.4, -0.2) is 26.2 Å². The highest BCUT2D eigenvalue weighted by Crippen LogP contribution is 2.28. The van der Waals surface area contributed by atoms with Crippen molar-refractivity contribution in [3.05, 3.63) is 45.6 Å². The Kier molecular flexibility index (Phi) is 4.88. The van der Waals surface area contributed by atoms with Gasteiger partial charge in [-0.05, 0) is 44.4 Å². The van der Waals surface area contributed by atoms with Gasteiger partial charge in [-0.2, -0.15) is 0 Å². The lowest BCUT2D eigenvalue weighted by atomic mass is 10.1. The molecule has 0 saturated heterocycles. The Hall–Kier alpha value is -2.63. The van der Waals surface area contributed by atoms with Crippen molar-refractivity contribution >= 4 is 5.52 Å². The number of H-pyrrole nitrogens is 1. The molecule has 0 saturated carbocycles. The van der Waals surface area contributed by atoms with Crippen molar-refractivity contribution in [1.82, 2.24) is 19.6 Å². The second-order valence-corrected chi connectivity index (χ2v) is 6.04. The number of ether oxygens (including phenoxy) is 1. The third-order valence-corrected chi connectivity index (χ3v) is 4.22. The van der Waals surface area contributed by atoms with E-state index >= 15 is 0 Å². The van der Waals surface area contributed by atoms with Crippen molar-refractivity contribution in [2.24, 2.45) is 0 Å². The number of aryl methyl sites for hydroxylation is 3. The van der Waals surface area contributed by atoms with Crippen LogP contribution in [0.3, 0.4) is 0 Å². The lowest BCUT2D eigenvalue weighted by molar-refractivity contribution is 0.341. The van der Waals surface area contributed by atoms with Crippen LogP contribution in [-0.2, 0) is 12.8 Å². The minimum atomic E-state index is -0.179. The predicted octanol–water partition coefficient (Wildman–Crippen LogP) is 3.31. The molecule has 2 heterocycles. The van der Waals surface area contributed by atoms with Gasteiger partial charge in [-0.15, -0.1) is 5.10 Å². The third-order valence-electron chi connectivity index (χ3n) is 4.22. The number of nitrogens with one attached hydrogen (secondary N) is 1. The molecule has 0 amide bonds. The zero-order valence-electron chi connectivity index (χ0n) is 15.2. The van der Waals surface area contributed by atoms with Gasteiger partial charge in [0, 0.05) is 6.42 Å².